The minimum absolute atomic E-state index is 0.653. The number of benzene rings is 5. The third-order valence-electron chi connectivity index (χ3n) is 8.31. The van der Waals surface area contributed by atoms with Gasteiger partial charge in [-0.3, -0.25) is 0 Å². The zero-order chi connectivity index (χ0) is 37.0. The van der Waals surface area contributed by atoms with Crippen molar-refractivity contribution in [1.82, 2.24) is 0 Å². The van der Waals surface area contributed by atoms with Gasteiger partial charge in [0.25, 0.3) is 0 Å². The van der Waals surface area contributed by atoms with Crippen LogP contribution in [0.1, 0.15) is 75.4 Å². The van der Waals surface area contributed by atoms with E-state index >= 15 is 0 Å². The van der Waals surface area contributed by atoms with Gasteiger partial charge in [-0.25, -0.2) is 9.98 Å². The number of halogens is 1. The van der Waals surface area contributed by atoms with Crippen LogP contribution in [0.25, 0.3) is 0 Å². The Bertz CT molecular complexity index is 1740. The fraction of sp³-hybridized carbons (Fsp3) is 0.273. The summed E-state index contributed by atoms with van der Waals surface area (Å²) in [6, 6.07) is 34.1. The van der Waals surface area contributed by atoms with E-state index in [1.165, 1.54) is 33.4 Å². The summed E-state index contributed by atoms with van der Waals surface area (Å²) in [5, 5.41) is 7.17. The van der Waals surface area contributed by atoms with E-state index < -0.39 is 0 Å². The first-order valence-electron chi connectivity index (χ1n) is 17.0. The molecule has 0 aliphatic carbocycles. The molecular formula is C44H52ClN4Ru+. The molecule has 0 atom stereocenters. The molecule has 50 heavy (non-hydrogen) atoms. The SMILES string of the molecule is Cc1ccc(C(C)C)cc1.Cc1ccc(NC(=Nc2c(C)cc(C)cc2C)C(=Nc2c(C)cc(C)cc2C)Nc2ccc(C)cc2)cc1.[Cl][Ru+]. The van der Waals surface area contributed by atoms with Crippen molar-refractivity contribution in [2.45, 2.75) is 82.1 Å². The summed E-state index contributed by atoms with van der Waals surface area (Å²) in [5.74, 6) is 1.97. The molecule has 0 aliphatic rings. The van der Waals surface area contributed by atoms with Crippen molar-refractivity contribution < 1.29 is 17.3 Å². The Morgan fingerprint density at radius 3 is 1.02 bits per heavy atom. The summed E-state index contributed by atoms with van der Waals surface area (Å²) in [4.78, 5) is 10.4. The van der Waals surface area contributed by atoms with Gasteiger partial charge >= 0.3 is 27.0 Å². The van der Waals surface area contributed by atoms with Crippen LogP contribution in [0.15, 0.2) is 107 Å². The standard InChI is InChI=1S/C34H38N4.C10H14.ClH.Ru/c1-21-9-13-29(14-10-21)35-33(37-31-25(5)17-23(3)18-26(31)6)34(36-30-15-11-22(2)12-16-30)38-32-27(7)19-24(4)20-28(32)8;1-8(2)10-6-4-9(3)5-7-10;;/h9-20H,1-8H3,(H,35,37)(H,36,38);4-8H,1-3H3;1H;/q;;;+2/p-1. The molecule has 0 fully saturated rings. The Kier molecular flexibility index (Phi) is 15.6. The van der Waals surface area contributed by atoms with Crippen LogP contribution >= 0.6 is 9.69 Å². The van der Waals surface area contributed by atoms with E-state index in [-0.39, 0.29) is 0 Å². The number of nitrogens with zero attached hydrogens (tertiary/aromatic N) is 2. The first-order valence-corrected chi connectivity index (χ1v) is 19.2. The molecule has 6 heteroatoms. The van der Waals surface area contributed by atoms with Crippen molar-refractivity contribution in [2.75, 3.05) is 10.6 Å². The molecule has 0 spiro atoms. The van der Waals surface area contributed by atoms with Gasteiger partial charge in [0.15, 0.2) is 11.7 Å². The van der Waals surface area contributed by atoms with Crippen molar-refractivity contribution in [3.05, 3.63) is 153 Å². The van der Waals surface area contributed by atoms with Gasteiger partial charge < -0.3 is 10.6 Å². The molecule has 4 nitrogen and oxygen atoms in total. The first-order chi connectivity index (χ1) is 23.8. The Balaban J connectivity index is 0.000000479. The summed E-state index contributed by atoms with van der Waals surface area (Å²) in [7, 11) is 4.57. The zero-order valence-corrected chi connectivity index (χ0v) is 33.9. The molecule has 0 bridgehead atoms. The van der Waals surface area contributed by atoms with Gasteiger partial charge in [0, 0.05) is 11.4 Å². The number of hydrogen-bond donors (Lipinski definition) is 2. The third-order valence-corrected chi connectivity index (χ3v) is 8.31. The van der Waals surface area contributed by atoms with Crippen LogP contribution in [0, 0.1) is 62.3 Å². The van der Waals surface area contributed by atoms with Gasteiger partial charge in [0.2, 0.25) is 0 Å². The van der Waals surface area contributed by atoms with E-state index in [0.29, 0.717) is 17.6 Å². The van der Waals surface area contributed by atoms with E-state index in [1.54, 1.807) is 0 Å². The van der Waals surface area contributed by atoms with Gasteiger partial charge in [0.05, 0.1) is 11.4 Å². The molecule has 5 aromatic rings. The predicted octanol–water partition coefficient (Wildman–Crippen LogP) is 12.9. The van der Waals surface area contributed by atoms with Gasteiger partial charge in [-0.15, -0.1) is 0 Å². The van der Waals surface area contributed by atoms with Crippen LogP contribution in [0.2, 0.25) is 0 Å². The summed E-state index contributed by atoms with van der Waals surface area (Å²) >= 11 is 1.82. The monoisotopic (exact) mass is 773 g/mol. The van der Waals surface area contributed by atoms with E-state index in [1.807, 2.05) is 17.3 Å². The van der Waals surface area contributed by atoms with Crippen LogP contribution in [0.3, 0.4) is 0 Å². The molecule has 262 valence electrons. The molecule has 5 aromatic carbocycles. The van der Waals surface area contributed by atoms with Crippen LogP contribution in [0.5, 0.6) is 0 Å². The summed E-state index contributed by atoms with van der Waals surface area (Å²) in [5.41, 5.74) is 15.9. The number of rotatable bonds is 5. The first kappa shape index (κ1) is 40.4. The van der Waals surface area contributed by atoms with Crippen LogP contribution in [-0.4, -0.2) is 11.7 Å². The second kappa shape index (κ2) is 19.4. The fourth-order valence-electron chi connectivity index (χ4n) is 5.70. The molecule has 0 radical (unpaired) electrons. The molecule has 0 heterocycles. The van der Waals surface area contributed by atoms with Crippen LogP contribution in [-0.2, 0) is 17.3 Å². The van der Waals surface area contributed by atoms with Crippen molar-refractivity contribution in [3.63, 3.8) is 0 Å². The van der Waals surface area contributed by atoms with Crippen LogP contribution < -0.4 is 10.6 Å². The molecule has 5 rings (SSSR count). The van der Waals surface area contributed by atoms with E-state index in [0.717, 1.165) is 45.0 Å². The number of anilines is 2. The molecule has 0 aliphatic heterocycles. The normalized spacial score (nSPS) is 11.3. The van der Waals surface area contributed by atoms with Gasteiger partial charge in [0.1, 0.15) is 0 Å². The summed E-state index contributed by atoms with van der Waals surface area (Å²) < 4.78 is 0. The Morgan fingerprint density at radius 2 is 0.740 bits per heavy atom. The molecule has 0 aromatic heterocycles. The number of aliphatic imine (C=N–C) groups is 2. The van der Waals surface area contributed by atoms with Crippen LogP contribution in [0.4, 0.5) is 22.7 Å². The number of aryl methyl sites for hydroxylation is 9. The predicted molar refractivity (Wildman–Crippen MR) is 216 cm³/mol. The van der Waals surface area contributed by atoms with E-state index in [2.05, 4.69) is 194 Å². The second-order valence-corrected chi connectivity index (χ2v) is 13.5. The molecule has 0 saturated carbocycles. The molecule has 0 unspecified atom stereocenters. The van der Waals surface area contributed by atoms with E-state index in [9.17, 15) is 0 Å². The molecule has 0 amide bonds. The Labute approximate surface area is 315 Å². The minimum atomic E-state index is 0.653. The van der Waals surface area contributed by atoms with Gasteiger partial charge in [-0.1, -0.05) is 114 Å². The van der Waals surface area contributed by atoms with Crippen molar-refractivity contribution >= 4 is 44.1 Å². The third kappa shape index (κ3) is 12.1. The quantitative estimate of drug-likeness (QED) is 0.106. The Morgan fingerprint density at radius 1 is 0.460 bits per heavy atom. The maximum atomic E-state index is 5.22. The molecule has 2 N–H and O–H groups in total. The van der Waals surface area contributed by atoms with E-state index in [4.69, 9.17) is 9.98 Å². The number of amidine groups is 2. The maximum absolute atomic E-state index is 5.22. The Hall–Kier alpha value is -4.05. The van der Waals surface area contributed by atoms with Gasteiger partial charge in [-0.2, -0.15) is 0 Å². The number of hydrogen-bond acceptors (Lipinski definition) is 2. The average Bonchev–Trinajstić information content (AvgIpc) is 3.06. The molecule has 0 saturated heterocycles. The number of nitrogens with one attached hydrogen (secondary N) is 2. The zero-order valence-electron chi connectivity index (χ0n) is 31.4. The van der Waals surface area contributed by atoms with Crippen molar-refractivity contribution in [2.24, 2.45) is 9.98 Å². The second-order valence-electron chi connectivity index (χ2n) is 13.5. The topological polar surface area (TPSA) is 48.8 Å². The average molecular weight is 773 g/mol. The summed E-state index contributed by atoms with van der Waals surface area (Å²) in [6.45, 7) is 23.4. The van der Waals surface area contributed by atoms with Crippen molar-refractivity contribution in [3.8, 4) is 0 Å². The summed E-state index contributed by atoms with van der Waals surface area (Å²) in [6.07, 6.45) is 0. The molecular weight excluding hydrogens is 721 g/mol. The fourth-order valence-corrected chi connectivity index (χ4v) is 5.70. The van der Waals surface area contributed by atoms with Gasteiger partial charge in [-0.05, 0) is 120 Å². The van der Waals surface area contributed by atoms with Crippen molar-refractivity contribution in [1.29, 1.82) is 0 Å².